The van der Waals surface area contributed by atoms with E-state index >= 15 is 0 Å². The Morgan fingerprint density at radius 2 is 1.88 bits per heavy atom. The summed E-state index contributed by atoms with van der Waals surface area (Å²) in [7, 11) is 0. The van der Waals surface area contributed by atoms with Gasteiger partial charge in [0.05, 0.1) is 0 Å². The van der Waals surface area contributed by atoms with Gasteiger partial charge in [0.2, 0.25) is 0 Å². The molecule has 0 atom stereocenters. The number of hydrogen-bond donors (Lipinski definition) is 1. The number of rotatable bonds is 4. The first-order valence-electron chi connectivity index (χ1n) is 6.98. The van der Waals surface area contributed by atoms with Gasteiger partial charge in [-0.3, -0.25) is 14.2 Å². The minimum Gasteiger partial charge on any atom is -0.321 e. The van der Waals surface area contributed by atoms with Crippen LogP contribution in [0.4, 0.5) is 5.69 Å². The minimum absolute atomic E-state index is 0.0694. The first kappa shape index (κ1) is 16.0. The smallest absolute Gasteiger partial charge is 0.275 e. The number of carbonyl (C=O) groups is 2. The molecule has 1 amide bonds. The maximum atomic E-state index is 12.5. The molecule has 2 aromatic heterocycles. The van der Waals surface area contributed by atoms with E-state index in [1.165, 1.54) is 19.6 Å². The Morgan fingerprint density at radius 3 is 2.58 bits per heavy atom. The molecule has 1 aromatic carbocycles. The van der Waals surface area contributed by atoms with E-state index in [1.54, 1.807) is 41.0 Å². The van der Waals surface area contributed by atoms with Crippen LogP contribution in [0.3, 0.4) is 0 Å². The van der Waals surface area contributed by atoms with Gasteiger partial charge in [-0.05, 0) is 47.1 Å². The molecule has 0 radical (unpaired) electrons. The molecular weight excluding hydrogens is 374 g/mol. The third-order valence-electron chi connectivity index (χ3n) is 3.26. The molecule has 3 rings (SSSR count). The fourth-order valence-electron chi connectivity index (χ4n) is 2.06. The summed E-state index contributed by atoms with van der Waals surface area (Å²) in [6.45, 7) is 1.47. The minimum atomic E-state index is -0.391. The average Bonchev–Trinajstić information content (AvgIpc) is 3.10. The van der Waals surface area contributed by atoms with Crippen LogP contribution in [0.1, 0.15) is 27.8 Å². The van der Waals surface area contributed by atoms with E-state index in [9.17, 15) is 9.59 Å². The van der Waals surface area contributed by atoms with Crippen molar-refractivity contribution < 1.29 is 9.59 Å². The SMILES string of the molecule is CC(=O)c1cccc(NC(=O)c2nc(-n3cnnc3)ccc2Br)c1. The van der Waals surface area contributed by atoms with E-state index in [4.69, 9.17) is 0 Å². The average molecular weight is 386 g/mol. The van der Waals surface area contributed by atoms with Gasteiger partial charge >= 0.3 is 0 Å². The maximum Gasteiger partial charge on any atom is 0.275 e. The normalized spacial score (nSPS) is 10.4. The Kier molecular flexibility index (Phi) is 4.48. The number of aromatic nitrogens is 4. The number of hydrogen-bond acceptors (Lipinski definition) is 5. The zero-order chi connectivity index (χ0) is 17.1. The second-order valence-corrected chi connectivity index (χ2v) is 5.81. The topological polar surface area (TPSA) is 89.8 Å². The molecule has 0 saturated heterocycles. The van der Waals surface area contributed by atoms with Gasteiger partial charge in [-0.15, -0.1) is 10.2 Å². The van der Waals surface area contributed by atoms with Crippen LogP contribution >= 0.6 is 15.9 Å². The van der Waals surface area contributed by atoms with Crippen LogP contribution in [0.15, 0.2) is 53.5 Å². The highest BCUT2D eigenvalue weighted by Crippen LogP contribution is 2.19. The summed E-state index contributed by atoms with van der Waals surface area (Å²) in [5.74, 6) is 0.0587. The zero-order valence-electron chi connectivity index (χ0n) is 12.6. The Balaban J connectivity index is 1.89. The number of nitrogens with one attached hydrogen (secondary N) is 1. The molecule has 1 N–H and O–H groups in total. The van der Waals surface area contributed by atoms with E-state index in [2.05, 4.69) is 36.4 Å². The van der Waals surface area contributed by atoms with Gasteiger partial charge in [-0.1, -0.05) is 12.1 Å². The van der Waals surface area contributed by atoms with Crippen LogP contribution in [0.5, 0.6) is 0 Å². The molecule has 0 spiro atoms. The van der Waals surface area contributed by atoms with Crippen molar-refractivity contribution in [3.8, 4) is 5.82 Å². The molecule has 0 aliphatic heterocycles. The van der Waals surface area contributed by atoms with Crippen molar-refractivity contribution in [3.05, 3.63) is 64.8 Å². The highest BCUT2D eigenvalue weighted by atomic mass is 79.9. The standard InChI is InChI=1S/C16H12BrN5O2/c1-10(23)11-3-2-4-12(7-11)20-16(24)15-13(17)5-6-14(21-15)22-8-18-19-9-22/h2-9H,1H3,(H,20,24). The monoisotopic (exact) mass is 385 g/mol. The van der Waals surface area contributed by atoms with Gasteiger partial charge in [0.25, 0.3) is 5.91 Å². The maximum absolute atomic E-state index is 12.5. The molecule has 0 unspecified atom stereocenters. The van der Waals surface area contributed by atoms with Crippen molar-refractivity contribution in [3.63, 3.8) is 0 Å². The third kappa shape index (κ3) is 3.38. The molecular formula is C16H12BrN5O2. The second kappa shape index (κ2) is 6.71. The molecule has 7 nitrogen and oxygen atoms in total. The largest absolute Gasteiger partial charge is 0.321 e. The van der Waals surface area contributed by atoms with Crippen molar-refractivity contribution >= 4 is 33.3 Å². The number of carbonyl (C=O) groups excluding carboxylic acids is 2. The van der Waals surface area contributed by atoms with Gasteiger partial charge < -0.3 is 5.32 Å². The third-order valence-corrected chi connectivity index (χ3v) is 3.90. The molecule has 0 aliphatic rings. The second-order valence-electron chi connectivity index (χ2n) is 4.96. The zero-order valence-corrected chi connectivity index (χ0v) is 14.2. The summed E-state index contributed by atoms with van der Waals surface area (Å²) in [6, 6.07) is 10.2. The molecule has 8 heteroatoms. The lowest BCUT2D eigenvalue weighted by molar-refractivity contribution is 0.100. The Morgan fingerprint density at radius 1 is 1.12 bits per heavy atom. The van der Waals surface area contributed by atoms with Crippen LogP contribution in [0, 0.1) is 0 Å². The fourth-order valence-corrected chi connectivity index (χ4v) is 2.46. The van der Waals surface area contributed by atoms with Crippen molar-refractivity contribution in [2.45, 2.75) is 6.92 Å². The molecule has 0 bridgehead atoms. The van der Waals surface area contributed by atoms with Gasteiger partial charge in [0, 0.05) is 15.7 Å². The molecule has 24 heavy (non-hydrogen) atoms. The van der Waals surface area contributed by atoms with E-state index in [0.717, 1.165) is 0 Å². The molecule has 3 aromatic rings. The highest BCUT2D eigenvalue weighted by Gasteiger charge is 2.14. The van der Waals surface area contributed by atoms with E-state index < -0.39 is 5.91 Å². The number of Topliss-reactive ketones (excluding diaryl/α,β-unsaturated/α-hetero) is 1. The summed E-state index contributed by atoms with van der Waals surface area (Å²) >= 11 is 3.33. The van der Waals surface area contributed by atoms with Crippen LogP contribution in [0.2, 0.25) is 0 Å². The van der Waals surface area contributed by atoms with Crippen LogP contribution in [-0.4, -0.2) is 31.4 Å². The van der Waals surface area contributed by atoms with Crippen LogP contribution in [0.25, 0.3) is 5.82 Å². The van der Waals surface area contributed by atoms with Crippen LogP contribution in [-0.2, 0) is 0 Å². The lowest BCUT2D eigenvalue weighted by atomic mass is 10.1. The summed E-state index contributed by atoms with van der Waals surface area (Å²) in [4.78, 5) is 28.3. The number of halogens is 1. The summed E-state index contributed by atoms with van der Waals surface area (Å²) in [5.41, 5.74) is 1.27. The number of anilines is 1. The van der Waals surface area contributed by atoms with E-state index in [0.29, 0.717) is 21.5 Å². The van der Waals surface area contributed by atoms with Crippen LogP contribution < -0.4 is 5.32 Å². The highest BCUT2D eigenvalue weighted by molar-refractivity contribution is 9.10. The van der Waals surface area contributed by atoms with Gasteiger partial charge in [-0.25, -0.2) is 4.98 Å². The molecule has 2 heterocycles. The van der Waals surface area contributed by atoms with E-state index in [1.807, 2.05) is 0 Å². The van der Waals surface area contributed by atoms with Crippen molar-refractivity contribution in [2.24, 2.45) is 0 Å². The molecule has 0 aliphatic carbocycles. The molecule has 120 valence electrons. The number of amides is 1. The van der Waals surface area contributed by atoms with Crippen molar-refractivity contribution in [1.82, 2.24) is 19.7 Å². The quantitative estimate of drug-likeness (QED) is 0.697. The number of ketones is 1. The van der Waals surface area contributed by atoms with Gasteiger partial charge in [0.15, 0.2) is 5.78 Å². The number of benzene rings is 1. The summed E-state index contributed by atoms with van der Waals surface area (Å²) < 4.78 is 2.15. The summed E-state index contributed by atoms with van der Waals surface area (Å²) in [6.07, 6.45) is 2.99. The Hall–Kier alpha value is -2.87. The van der Waals surface area contributed by atoms with Gasteiger partial charge in [0.1, 0.15) is 24.2 Å². The van der Waals surface area contributed by atoms with E-state index in [-0.39, 0.29) is 11.5 Å². The predicted octanol–water partition coefficient (Wildman–Crippen LogP) is 2.88. The Bertz CT molecular complexity index is 909. The molecule has 0 saturated carbocycles. The first-order chi connectivity index (χ1) is 11.5. The fraction of sp³-hybridized carbons (Fsp3) is 0.0625. The lowest BCUT2D eigenvalue weighted by Gasteiger charge is -2.09. The van der Waals surface area contributed by atoms with Crippen molar-refractivity contribution in [2.75, 3.05) is 5.32 Å². The number of nitrogens with zero attached hydrogens (tertiary/aromatic N) is 4. The first-order valence-corrected chi connectivity index (χ1v) is 7.78. The van der Waals surface area contributed by atoms with Crippen molar-refractivity contribution in [1.29, 1.82) is 0 Å². The number of pyridine rings is 1. The Labute approximate surface area is 145 Å². The molecule has 0 fully saturated rings. The lowest BCUT2D eigenvalue weighted by Crippen LogP contribution is -2.16. The van der Waals surface area contributed by atoms with Gasteiger partial charge in [-0.2, -0.15) is 0 Å². The summed E-state index contributed by atoms with van der Waals surface area (Å²) in [5, 5.41) is 10.2. The predicted molar refractivity (Wildman–Crippen MR) is 91.3 cm³/mol.